The van der Waals surface area contributed by atoms with Gasteiger partial charge < -0.3 is 9.15 Å². The zero-order valence-corrected chi connectivity index (χ0v) is 13.3. The van der Waals surface area contributed by atoms with Crippen LogP contribution in [0.4, 0.5) is 0 Å². The quantitative estimate of drug-likeness (QED) is 0.647. The number of nitrogens with two attached hydrogens (primary N) is 1. The molecule has 0 aliphatic rings. The number of methoxy groups -OCH3 is 1. The maximum atomic E-state index is 5.63. The molecule has 0 saturated heterocycles. The van der Waals surface area contributed by atoms with Gasteiger partial charge in [-0.1, -0.05) is 0 Å². The Hall–Kier alpha value is -1.37. The van der Waals surface area contributed by atoms with Crippen LogP contribution in [0.1, 0.15) is 28.6 Å². The molecule has 0 aliphatic heterocycles. The first-order chi connectivity index (χ1) is 9.56. The summed E-state index contributed by atoms with van der Waals surface area (Å²) >= 11 is 3.29. The van der Waals surface area contributed by atoms with E-state index in [2.05, 4.69) is 26.3 Å². The standard InChI is InChI=1S/C14H18BrN3O2/c1-8-7-17-10(9(2)14(8)19-3)6-11(18-16)12-4-5-13(15)20-12/h4-5,7,11,18H,6,16H2,1-3H3. The molecule has 3 N–H and O–H groups in total. The maximum Gasteiger partial charge on any atom is 0.169 e. The molecule has 0 aromatic carbocycles. The second kappa shape index (κ2) is 6.39. The van der Waals surface area contributed by atoms with Crippen molar-refractivity contribution in [3.05, 3.63) is 45.6 Å². The van der Waals surface area contributed by atoms with E-state index in [1.165, 1.54) is 0 Å². The van der Waals surface area contributed by atoms with E-state index in [9.17, 15) is 0 Å². The monoisotopic (exact) mass is 339 g/mol. The van der Waals surface area contributed by atoms with E-state index in [0.717, 1.165) is 28.3 Å². The van der Waals surface area contributed by atoms with Crippen molar-refractivity contribution >= 4 is 15.9 Å². The number of aryl methyl sites for hydroxylation is 1. The lowest BCUT2D eigenvalue weighted by Gasteiger charge is -2.16. The summed E-state index contributed by atoms with van der Waals surface area (Å²) in [4.78, 5) is 4.48. The molecule has 0 fully saturated rings. The number of halogens is 1. The molecule has 0 spiro atoms. The zero-order chi connectivity index (χ0) is 14.7. The molecule has 2 heterocycles. The van der Waals surface area contributed by atoms with E-state index >= 15 is 0 Å². The summed E-state index contributed by atoms with van der Waals surface area (Å²) in [5, 5.41) is 0. The van der Waals surface area contributed by atoms with E-state index < -0.39 is 0 Å². The van der Waals surface area contributed by atoms with Gasteiger partial charge in [-0.2, -0.15) is 0 Å². The molecular formula is C14H18BrN3O2. The number of hydrogen-bond acceptors (Lipinski definition) is 5. The fraction of sp³-hybridized carbons (Fsp3) is 0.357. The molecule has 1 unspecified atom stereocenters. The number of aromatic nitrogens is 1. The minimum absolute atomic E-state index is 0.139. The van der Waals surface area contributed by atoms with Crippen LogP contribution in [0, 0.1) is 13.8 Å². The highest BCUT2D eigenvalue weighted by molar-refractivity contribution is 9.10. The number of nitrogens with one attached hydrogen (secondary N) is 1. The molecule has 0 radical (unpaired) electrons. The van der Waals surface area contributed by atoms with Crippen molar-refractivity contribution in [3.8, 4) is 5.75 Å². The van der Waals surface area contributed by atoms with Crippen LogP contribution in [0.25, 0.3) is 0 Å². The minimum Gasteiger partial charge on any atom is -0.496 e. The molecule has 20 heavy (non-hydrogen) atoms. The molecule has 2 rings (SSSR count). The molecule has 0 bridgehead atoms. The fourth-order valence-electron chi connectivity index (χ4n) is 2.23. The van der Waals surface area contributed by atoms with Crippen LogP contribution in [0.3, 0.4) is 0 Å². The second-order valence-electron chi connectivity index (χ2n) is 4.61. The van der Waals surface area contributed by atoms with E-state index in [1.54, 1.807) is 7.11 Å². The molecular weight excluding hydrogens is 322 g/mol. The molecule has 5 nitrogen and oxygen atoms in total. The number of furan rings is 1. The number of hydrazine groups is 1. The van der Waals surface area contributed by atoms with Gasteiger partial charge in [0.25, 0.3) is 0 Å². The summed E-state index contributed by atoms with van der Waals surface area (Å²) in [5.41, 5.74) is 5.74. The maximum absolute atomic E-state index is 5.63. The van der Waals surface area contributed by atoms with E-state index in [1.807, 2.05) is 32.2 Å². The number of ether oxygens (including phenoxy) is 1. The molecule has 2 aromatic heterocycles. The van der Waals surface area contributed by atoms with Crippen LogP contribution in [0.5, 0.6) is 5.75 Å². The van der Waals surface area contributed by atoms with Gasteiger partial charge in [-0.3, -0.25) is 10.8 Å². The first-order valence-electron chi connectivity index (χ1n) is 6.27. The van der Waals surface area contributed by atoms with Crippen molar-refractivity contribution in [1.82, 2.24) is 10.4 Å². The highest BCUT2D eigenvalue weighted by Crippen LogP contribution is 2.28. The van der Waals surface area contributed by atoms with Crippen LogP contribution < -0.4 is 16.0 Å². The molecule has 1 atom stereocenters. The lowest BCUT2D eigenvalue weighted by molar-refractivity contribution is 0.395. The Bertz CT molecular complexity index is 598. The topological polar surface area (TPSA) is 73.3 Å². The van der Waals surface area contributed by atoms with Crippen molar-refractivity contribution in [1.29, 1.82) is 0 Å². The first kappa shape index (κ1) is 15.0. The summed E-state index contributed by atoms with van der Waals surface area (Å²) in [6, 6.07) is 3.59. The van der Waals surface area contributed by atoms with Gasteiger partial charge in [-0.15, -0.1) is 0 Å². The predicted molar refractivity (Wildman–Crippen MR) is 80.4 cm³/mol. The summed E-state index contributed by atoms with van der Waals surface area (Å²) in [5.74, 6) is 7.26. The molecule has 108 valence electrons. The number of pyridine rings is 1. The van der Waals surface area contributed by atoms with Crippen molar-refractivity contribution < 1.29 is 9.15 Å². The van der Waals surface area contributed by atoms with Crippen molar-refractivity contribution in [3.63, 3.8) is 0 Å². The summed E-state index contributed by atoms with van der Waals surface area (Å²) in [6.07, 6.45) is 2.44. The third-order valence-corrected chi connectivity index (χ3v) is 3.71. The van der Waals surface area contributed by atoms with Crippen molar-refractivity contribution in [2.24, 2.45) is 5.84 Å². The number of rotatable bonds is 5. The van der Waals surface area contributed by atoms with Gasteiger partial charge in [0.15, 0.2) is 4.67 Å². The average Bonchev–Trinajstić information content (AvgIpc) is 2.85. The summed E-state index contributed by atoms with van der Waals surface area (Å²) in [6.45, 7) is 3.98. The lowest BCUT2D eigenvalue weighted by atomic mass is 10.0. The summed E-state index contributed by atoms with van der Waals surface area (Å²) in [7, 11) is 1.67. The van der Waals surface area contributed by atoms with Crippen molar-refractivity contribution in [2.45, 2.75) is 26.3 Å². The Kier molecular flexibility index (Phi) is 4.80. The largest absolute Gasteiger partial charge is 0.496 e. The van der Waals surface area contributed by atoms with Crippen LogP contribution in [-0.4, -0.2) is 12.1 Å². The zero-order valence-electron chi connectivity index (χ0n) is 11.7. The number of hydrogen-bond donors (Lipinski definition) is 2. The first-order valence-corrected chi connectivity index (χ1v) is 7.06. The van der Waals surface area contributed by atoms with Crippen LogP contribution >= 0.6 is 15.9 Å². The fourth-order valence-corrected chi connectivity index (χ4v) is 2.55. The third-order valence-electron chi connectivity index (χ3n) is 3.29. The lowest BCUT2D eigenvalue weighted by Crippen LogP contribution is -2.29. The second-order valence-corrected chi connectivity index (χ2v) is 5.39. The Balaban J connectivity index is 2.28. The van der Waals surface area contributed by atoms with E-state index in [-0.39, 0.29) is 6.04 Å². The molecule has 2 aromatic rings. The van der Waals surface area contributed by atoms with E-state index in [4.69, 9.17) is 15.0 Å². The van der Waals surface area contributed by atoms with Gasteiger partial charge in [-0.05, 0) is 41.9 Å². The SMILES string of the molecule is COc1c(C)cnc(CC(NN)c2ccc(Br)o2)c1C. The predicted octanol–water partition coefficient (Wildman–Crippen LogP) is 2.81. The minimum atomic E-state index is -0.139. The number of nitrogens with zero attached hydrogens (tertiary/aromatic N) is 1. The van der Waals surface area contributed by atoms with E-state index in [0.29, 0.717) is 11.1 Å². The van der Waals surface area contributed by atoms with Gasteiger partial charge >= 0.3 is 0 Å². The van der Waals surface area contributed by atoms with Gasteiger partial charge in [-0.25, -0.2) is 5.43 Å². The van der Waals surface area contributed by atoms with Crippen LogP contribution in [0.15, 0.2) is 27.4 Å². The Labute approximate surface area is 126 Å². The Morgan fingerprint density at radius 2 is 2.20 bits per heavy atom. The molecule has 0 saturated carbocycles. The van der Waals surface area contributed by atoms with Crippen LogP contribution in [-0.2, 0) is 6.42 Å². The average molecular weight is 340 g/mol. The summed E-state index contributed by atoms with van der Waals surface area (Å²) < 4.78 is 11.6. The molecule has 0 aliphatic carbocycles. The Morgan fingerprint density at radius 3 is 2.75 bits per heavy atom. The normalized spacial score (nSPS) is 12.4. The molecule has 0 amide bonds. The Morgan fingerprint density at radius 1 is 1.45 bits per heavy atom. The smallest absolute Gasteiger partial charge is 0.169 e. The van der Waals surface area contributed by atoms with Crippen LogP contribution in [0.2, 0.25) is 0 Å². The highest BCUT2D eigenvalue weighted by atomic mass is 79.9. The van der Waals surface area contributed by atoms with Gasteiger partial charge in [0.1, 0.15) is 11.5 Å². The highest BCUT2D eigenvalue weighted by Gasteiger charge is 2.18. The third kappa shape index (κ3) is 3.03. The van der Waals surface area contributed by atoms with Gasteiger partial charge in [0.05, 0.1) is 13.2 Å². The van der Waals surface area contributed by atoms with Gasteiger partial charge in [0, 0.05) is 29.4 Å². The van der Waals surface area contributed by atoms with Crippen molar-refractivity contribution in [2.75, 3.05) is 7.11 Å². The molecule has 6 heteroatoms. The van der Waals surface area contributed by atoms with Gasteiger partial charge in [0.2, 0.25) is 0 Å².